The highest BCUT2D eigenvalue weighted by molar-refractivity contribution is 14.0. The molecule has 0 bridgehead atoms. The van der Waals surface area contributed by atoms with E-state index in [1.54, 1.807) is 18.8 Å². The Morgan fingerprint density at radius 1 is 1.03 bits per heavy atom. The Morgan fingerprint density at radius 3 is 2.23 bits per heavy atom. The largest absolute Gasteiger partial charge is 0.352 e. The Balaban J connectivity index is 0.00000480. The van der Waals surface area contributed by atoms with Crippen molar-refractivity contribution in [1.29, 1.82) is 0 Å². The number of thioether (sulfide) groups is 1. The van der Waals surface area contributed by atoms with Gasteiger partial charge in [0.15, 0.2) is 5.96 Å². The average Bonchev–Trinajstić information content (AvgIpc) is 2.68. The van der Waals surface area contributed by atoms with Gasteiger partial charge in [0, 0.05) is 31.1 Å². The summed E-state index contributed by atoms with van der Waals surface area (Å²) in [6.45, 7) is 7.01. The van der Waals surface area contributed by atoms with Crippen molar-refractivity contribution in [3.05, 3.63) is 64.7 Å². The molecule has 0 unspecified atom stereocenters. The van der Waals surface area contributed by atoms with Gasteiger partial charge in [0.2, 0.25) is 10.0 Å². The van der Waals surface area contributed by atoms with Gasteiger partial charge in [-0.3, -0.25) is 4.99 Å². The van der Waals surface area contributed by atoms with Crippen LogP contribution in [0, 0.1) is 6.92 Å². The lowest BCUT2D eigenvalue weighted by Gasteiger charge is -2.14. The smallest absolute Gasteiger partial charge is 0.216 e. The van der Waals surface area contributed by atoms with Crippen LogP contribution in [-0.2, 0) is 28.9 Å². The van der Waals surface area contributed by atoms with Crippen molar-refractivity contribution in [2.75, 3.05) is 13.3 Å². The molecule has 0 atom stereocenters. The second kappa shape index (κ2) is 13.3. The van der Waals surface area contributed by atoms with Gasteiger partial charge in [-0.1, -0.05) is 36.4 Å². The number of halogens is 1. The molecule has 3 N–H and O–H groups in total. The summed E-state index contributed by atoms with van der Waals surface area (Å²) >= 11 is 1.74. The van der Waals surface area contributed by atoms with Gasteiger partial charge in [0.25, 0.3) is 0 Å². The van der Waals surface area contributed by atoms with Crippen molar-refractivity contribution in [2.45, 2.75) is 50.6 Å². The number of hydrogen-bond donors (Lipinski definition) is 3. The van der Waals surface area contributed by atoms with Gasteiger partial charge >= 0.3 is 0 Å². The number of aliphatic imine (C=N–C) groups is 1. The molecular formula is C22H33IN4O2S2. The third-order valence-electron chi connectivity index (χ3n) is 4.37. The lowest BCUT2D eigenvalue weighted by molar-refractivity contribution is 0.569. The minimum atomic E-state index is -3.32. The molecule has 2 aromatic rings. The predicted molar refractivity (Wildman–Crippen MR) is 143 cm³/mol. The first-order valence-electron chi connectivity index (χ1n) is 9.88. The van der Waals surface area contributed by atoms with Crippen molar-refractivity contribution < 1.29 is 8.42 Å². The number of sulfonamides is 1. The second-order valence-electron chi connectivity index (χ2n) is 7.44. The molecule has 0 aliphatic rings. The van der Waals surface area contributed by atoms with Gasteiger partial charge in [0.05, 0.1) is 5.75 Å². The first-order valence-corrected chi connectivity index (χ1v) is 12.8. The molecule has 0 radical (unpaired) electrons. The first-order chi connectivity index (χ1) is 14.2. The second-order valence-corrected chi connectivity index (χ2v) is 10.0. The van der Waals surface area contributed by atoms with Crippen LogP contribution in [0.15, 0.2) is 52.4 Å². The molecule has 0 saturated heterocycles. The van der Waals surface area contributed by atoms with E-state index in [1.165, 1.54) is 16.0 Å². The summed E-state index contributed by atoms with van der Waals surface area (Å²) in [6, 6.07) is 13.9. The van der Waals surface area contributed by atoms with Gasteiger partial charge in [-0.05, 0) is 55.3 Å². The number of benzene rings is 2. The molecule has 0 saturated carbocycles. The Hall–Kier alpha value is -1.30. The van der Waals surface area contributed by atoms with Crippen LogP contribution in [0.1, 0.15) is 36.1 Å². The van der Waals surface area contributed by atoms with Crippen LogP contribution in [0.5, 0.6) is 0 Å². The quantitative estimate of drug-likeness (QED) is 0.182. The zero-order chi connectivity index (χ0) is 22.1. The van der Waals surface area contributed by atoms with E-state index < -0.39 is 10.0 Å². The summed E-state index contributed by atoms with van der Waals surface area (Å²) in [5.74, 6) is 0.701. The molecule has 31 heavy (non-hydrogen) atoms. The molecule has 172 valence electrons. The van der Waals surface area contributed by atoms with Gasteiger partial charge in [-0.15, -0.1) is 35.7 Å². The number of guanidine groups is 1. The Labute approximate surface area is 208 Å². The highest BCUT2D eigenvalue weighted by Crippen LogP contribution is 2.21. The summed E-state index contributed by atoms with van der Waals surface area (Å²) in [5, 5.41) is 6.65. The van der Waals surface area contributed by atoms with E-state index in [0.29, 0.717) is 13.1 Å². The maximum Gasteiger partial charge on any atom is 0.216 e. The fraction of sp³-hybridized carbons (Fsp3) is 0.409. The van der Waals surface area contributed by atoms with Crippen molar-refractivity contribution >= 4 is 51.7 Å². The van der Waals surface area contributed by atoms with Crippen LogP contribution in [0.4, 0.5) is 0 Å². The summed E-state index contributed by atoms with van der Waals surface area (Å²) in [6.07, 6.45) is 2.08. The van der Waals surface area contributed by atoms with Gasteiger partial charge in [0.1, 0.15) is 0 Å². The highest BCUT2D eigenvalue weighted by Gasteiger charge is 2.12. The minimum Gasteiger partial charge on any atom is -0.352 e. The van der Waals surface area contributed by atoms with E-state index >= 15 is 0 Å². The topological polar surface area (TPSA) is 82.6 Å². The molecular weight excluding hydrogens is 543 g/mol. The van der Waals surface area contributed by atoms with Crippen LogP contribution < -0.4 is 15.4 Å². The van der Waals surface area contributed by atoms with Crippen LogP contribution in [-0.4, -0.2) is 33.7 Å². The maximum atomic E-state index is 12.1. The van der Waals surface area contributed by atoms with E-state index in [9.17, 15) is 8.42 Å². The third-order valence-corrected chi connectivity index (χ3v) is 6.73. The summed E-state index contributed by atoms with van der Waals surface area (Å²) in [5.41, 5.74) is 4.30. The van der Waals surface area contributed by atoms with Gasteiger partial charge < -0.3 is 10.6 Å². The molecule has 0 aromatic heterocycles. The lowest BCUT2D eigenvalue weighted by atomic mass is 10.1. The summed E-state index contributed by atoms with van der Waals surface area (Å²) in [4.78, 5) is 5.54. The normalized spacial score (nSPS) is 11.9. The zero-order valence-electron chi connectivity index (χ0n) is 18.7. The van der Waals surface area contributed by atoms with E-state index in [2.05, 4.69) is 51.7 Å². The molecule has 2 aromatic carbocycles. The van der Waals surface area contributed by atoms with Crippen molar-refractivity contribution in [3.8, 4) is 0 Å². The molecule has 0 aliphatic carbocycles. The molecule has 0 amide bonds. The van der Waals surface area contributed by atoms with Crippen LogP contribution in [0.3, 0.4) is 0 Å². The number of hydrogen-bond acceptors (Lipinski definition) is 4. The first kappa shape index (κ1) is 27.7. The van der Waals surface area contributed by atoms with Gasteiger partial charge in [-0.2, -0.15) is 0 Å². The number of nitrogens with zero attached hydrogens (tertiary/aromatic N) is 1. The molecule has 2 rings (SSSR count). The number of nitrogens with one attached hydrogen (secondary N) is 3. The third kappa shape index (κ3) is 9.80. The summed E-state index contributed by atoms with van der Waals surface area (Å²) in [7, 11) is -1.57. The van der Waals surface area contributed by atoms with Crippen molar-refractivity contribution in [2.24, 2.45) is 4.99 Å². The van der Waals surface area contributed by atoms with E-state index in [0.717, 1.165) is 17.1 Å². The number of rotatable bonds is 9. The molecule has 6 nitrogen and oxygen atoms in total. The van der Waals surface area contributed by atoms with E-state index in [4.69, 9.17) is 0 Å². The Morgan fingerprint density at radius 2 is 1.65 bits per heavy atom. The fourth-order valence-electron chi connectivity index (χ4n) is 2.96. The molecule has 9 heteroatoms. The van der Waals surface area contributed by atoms with Crippen LogP contribution >= 0.6 is 35.7 Å². The molecule has 0 spiro atoms. The van der Waals surface area contributed by atoms with Crippen molar-refractivity contribution in [1.82, 2.24) is 15.4 Å². The lowest BCUT2D eigenvalue weighted by Crippen LogP contribution is -2.36. The Kier molecular flexibility index (Phi) is 11.9. The SMILES string of the molecule is CN=C(NCc1ccc(CS(=O)(=O)NC(C)C)cc1)NCc1ccc(C)cc1SC.I. The minimum absolute atomic E-state index is 0. The standard InChI is InChI=1S/C22H32N4O2S2.HI/c1-16(2)26-30(27,28)15-19-9-7-18(8-10-19)13-24-22(23-4)25-14-20-11-6-17(3)12-21(20)29-5;/h6-12,16,26H,13-15H2,1-5H3,(H2,23,24,25);1H. The zero-order valence-corrected chi connectivity index (χ0v) is 22.7. The number of aryl methyl sites for hydroxylation is 1. The summed E-state index contributed by atoms with van der Waals surface area (Å²) < 4.78 is 26.7. The van der Waals surface area contributed by atoms with E-state index in [-0.39, 0.29) is 35.8 Å². The van der Waals surface area contributed by atoms with Gasteiger partial charge in [-0.25, -0.2) is 13.1 Å². The predicted octanol–water partition coefficient (Wildman–Crippen LogP) is 4.03. The molecule has 0 heterocycles. The molecule has 0 aliphatic heterocycles. The fourth-order valence-corrected chi connectivity index (χ4v) is 5.10. The van der Waals surface area contributed by atoms with Crippen LogP contribution in [0.2, 0.25) is 0 Å². The van der Waals surface area contributed by atoms with E-state index in [1.807, 2.05) is 38.1 Å². The molecule has 0 fully saturated rings. The van der Waals surface area contributed by atoms with Crippen molar-refractivity contribution in [3.63, 3.8) is 0 Å². The average molecular weight is 577 g/mol. The Bertz CT molecular complexity index is 962. The van der Waals surface area contributed by atoms with Crippen LogP contribution in [0.25, 0.3) is 0 Å². The monoisotopic (exact) mass is 576 g/mol. The maximum absolute atomic E-state index is 12.1. The highest BCUT2D eigenvalue weighted by atomic mass is 127.